The predicted octanol–water partition coefficient (Wildman–Crippen LogP) is 7.34. The normalized spacial score (nSPS) is 16.3. The number of rotatable bonds is 2. The lowest BCUT2D eigenvalue weighted by atomic mass is 9.98. The van der Waals surface area contributed by atoms with Gasteiger partial charge in [0.2, 0.25) is 0 Å². The Bertz CT molecular complexity index is 1200. The maximum Gasteiger partial charge on any atom is 0.127 e. The van der Waals surface area contributed by atoms with Gasteiger partial charge in [-0.05, 0) is 40.6 Å². The fourth-order valence-electron chi connectivity index (χ4n) is 3.67. The van der Waals surface area contributed by atoms with E-state index in [0.29, 0.717) is 6.42 Å². The Kier molecular flexibility index (Phi) is 4.46. The van der Waals surface area contributed by atoms with Crippen LogP contribution in [0.2, 0.25) is 0 Å². The lowest BCUT2D eigenvalue weighted by Gasteiger charge is -2.17. The van der Waals surface area contributed by atoms with Crippen molar-refractivity contribution in [2.45, 2.75) is 16.6 Å². The first kappa shape index (κ1) is 17.2. The second-order valence-electron chi connectivity index (χ2n) is 6.92. The standard InChI is InChI=1S/C25H18FNS/c26-21-10-4-3-9-20(21)25-16-23(27-22-11-5-6-12-24(22)28-25)19-14-13-17-7-1-2-8-18(17)15-19/h1-15,25H,16H2. The van der Waals surface area contributed by atoms with Crippen LogP contribution < -0.4 is 0 Å². The first-order valence-corrected chi connectivity index (χ1v) is 10.2. The monoisotopic (exact) mass is 383 g/mol. The molecular formula is C25H18FNS. The SMILES string of the molecule is Fc1ccccc1C1CC(c2ccc3ccccc3c2)=Nc2ccccc2S1. The maximum absolute atomic E-state index is 14.6. The molecule has 136 valence electrons. The van der Waals surface area contributed by atoms with Crippen LogP contribution in [0.15, 0.2) is 101 Å². The molecule has 0 saturated heterocycles. The minimum atomic E-state index is -0.155. The van der Waals surface area contributed by atoms with Gasteiger partial charge in [-0.2, -0.15) is 0 Å². The van der Waals surface area contributed by atoms with E-state index in [-0.39, 0.29) is 11.1 Å². The first-order valence-electron chi connectivity index (χ1n) is 9.35. The molecule has 0 aliphatic carbocycles. The Morgan fingerprint density at radius 3 is 2.43 bits per heavy atom. The van der Waals surface area contributed by atoms with Crippen molar-refractivity contribution >= 4 is 33.9 Å². The minimum absolute atomic E-state index is 0.0185. The Morgan fingerprint density at radius 1 is 0.786 bits per heavy atom. The third kappa shape index (κ3) is 3.23. The maximum atomic E-state index is 14.6. The first-order chi connectivity index (χ1) is 13.8. The van der Waals surface area contributed by atoms with Crippen LogP contribution in [0.5, 0.6) is 0 Å². The van der Waals surface area contributed by atoms with Gasteiger partial charge in [-0.3, -0.25) is 4.99 Å². The molecule has 0 radical (unpaired) electrons. The molecule has 1 unspecified atom stereocenters. The van der Waals surface area contributed by atoms with Crippen molar-refractivity contribution in [3.63, 3.8) is 0 Å². The van der Waals surface area contributed by atoms with Gasteiger partial charge in [0, 0.05) is 27.8 Å². The van der Waals surface area contributed by atoms with Crippen LogP contribution in [-0.2, 0) is 0 Å². The molecule has 1 heterocycles. The van der Waals surface area contributed by atoms with E-state index in [1.54, 1.807) is 23.9 Å². The summed E-state index contributed by atoms with van der Waals surface area (Å²) in [5.41, 5.74) is 3.78. The Morgan fingerprint density at radius 2 is 1.54 bits per heavy atom. The molecule has 0 N–H and O–H groups in total. The average molecular weight is 383 g/mol. The molecule has 4 aromatic carbocycles. The molecule has 0 bridgehead atoms. The summed E-state index contributed by atoms with van der Waals surface area (Å²) in [6.07, 6.45) is 0.679. The van der Waals surface area contributed by atoms with Crippen LogP contribution in [0.4, 0.5) is 10.1 Å². The summed E-state index contributed by atoms with van der Waals surface area (Å²) in [6, 6.07) is 30.0. The van der Waals surface area contributed by atoms with E-state index in [2.05, 4.69) is 36.4 Å². The van der Waals surface area contributed by atoms with Gasteiger partial charge in [0.25, 0.3) is 0 Å². The number of aliphatic imine (C=N–C) groups is 1. The molecule has 1 nitrogen and oxygen atoms in total. The van der Waals surface area contributed by atoms with Crippen molar-refractivity contribution in [3.05, 3.63) is 108 Å². The highest BCUT2D eigenvalue weighted by Gasteiger charge is 2.24. The van der Waals surface area contributed by atoms with E-state index in [0.717, 1.165) is 27.4 Å². The van der Waals surface area contributed by atoms with Crippen molar-refractivity contribution in [1.29, 1.82) is 0 Å². The molecule has 0 fully saturated rings. The van der Waals surface area contributed by atoms with E-state index in [1.165, 1.54) is 10.8 Å². The summed E-state index contributed by atoms with van der Waals surface area (Å²) in [4.78, 5) is 6.08. The fourth-order valence-corrected chi connectivity index (χ4v) is 4.93. The van der Waals surface area contributed by atoms with Gasteiger partial charge in [-0.25, -0.2) is 4.39 Å². The number of para-hydroxylation sites is 1. The van der Waals surface area contributed by atoms with Crippen molar-refractivity contribution in [2.24, 2.45) is 4.99 Å². The molecule has 4 aromatic rings. The lowest BCUT2D eigenvalue weighted by Crippen LogP contribution is -2.06. The largest absolute Gasteiger partial charge is 0.252 e. The quantitative estimate of drug-likeness (QED) is 0.353. The molecule has 0 aromatic heterocycles. The third-order valence-electron chi connectivity index (χ3n) is 5.10. The third-order valence-corrected chi connectivity index (χ3v) is 6.41. The van der Waals surface area contributed by atoms with Crippen LogP contribution in [0.1, 0.15) is 22.8 Å². The topological polar surface area (TPSA) is 12.4 Å². The molecule has 3 heteroatoms. The summed E-state index contributed by atoms with van der Waals surface area (Å²) in [5.74, 6) is -0.155. The Hall–Kier alpha value is -2.91. The van der Waals surface area contributed by atoms with E-state index in [9.17, 15) is 4.39 Å². The molecule has 5 rings (SSSR count). The number of benzene rings is 4. The predicted molar refractivity (Wildman–Crippen MR) is 116 cm³/mol. The highest BCUT2D eigenvalue weighted by molar-refractivity contribution is 7.99. The second-order valence-corrected chi connectivity index (χ2v) is 8.16. The van der Waals surface area contributed by atoms with Gasteiger partial charge in [-0.1, -0.05) is 66.7 Å². The molecule has 1 aliphatic heterocycles. The van der Waals surface area contributed by atoms with Crippen LogP contribution >= 0.6 is 11.8 Å². The second kappa shape index (κ2) is 7.25. The van der Waals surface area contributed by atoms with Gasteiger partial charge in [0.1, 0.15) is 5.82 Å². The van der Waals surface area contributed by atoms with Crippen molar-refractivity contribution < 1.29 is 4.39 Å². The number of hydrogen-bond acceptors (Lipinski definition) is 2. The number of hydrogen-bond donors (Lipinski definition) is 0. The zero-order chi connectivity index (χ0) is 18.9. The number of fused-ring (bicyclic) bond motifs is 2. The van der Waals surface area contributed by atoms with Crippen molar-refractivity contribution in [2.75, 3.05) is 0 Å². The zero-order valence-corrected chi connectivity index (χ0v) is 16.0. The van der Waals surface area contributed by atoms with Gasteiger partial charge in [0.15, 0.2) is 0 Å². The van der Waals surface area contributed by atoms with Crippen LogP contribution in [-0.4, -0.2) is 5.71 Å². The summed E-state index contributed by atoms with van der Waals surface area (Å²) < 4.78 is 14.6. The smallest absolute Gasteiger partial charge is 0.127 e. The summed E-state index contributed by atoms with van der Waals surface area (Å²) in [5, 5.41) is 2.38. The van der Waals surface area contributed by atoms with Crippen LogP contribution in [0, 0.1) is 5.82 Å². The van der Waals surface area contributed by atoms with Gasteiger partial charge in [0.05, 0.1) is 5.69 Å². The van der Waals surface area contributed by atoms with Crippen LogP contribution in [0.3, 0.4) is 0 Å². The highest BCUT2D eigenvalue weighted by Crippen LogP contribution is 2.46. The molecule has 0 spiro atoms. The van der Waals surface area contributed by atoms with Crippen LogP contribution in [0.25, 0.3) is 10.8 Å². The average Bonchev–Trinajstić information content (AvgIpc) is 2.93. The molecule has 1 atom stereocenters. The minimum Gasteiger partial charge on any atom is -0.252 e. The Labute approximate surface area is 168 Å². The fraction of sp³-hybridized carbons (Fsp3) is 0.0800. The number of halogens is 1. The van der Waals surface area contributed by atoms with E-state index in [4.69, 9.17) is 4.99 Å². The van der Waals surface area contributed by atoms with Gasteiger partial charge < -0.3 is 0 Å². The van der Waals surface area contributed by atoms with E-state index >= 15 is 0 Å². The molecule has 1 aliphatic rings. The summed E-state index contributed by atoms with van der Waals surface area (Å²) >= 11 is 1.69. The Balaban J connectivity index is 1.64. The highest BCUT2D eigenvalue weighted by atomic mass is 32.2. The van der Waals surface area contributed by atoms with Crippen molar-refractivity contribution in [3.8, 4) is 0 Å². The lowest BCUT2D eigenvalue weighted by molar-refractivity contribution is 0.609. The molecular weight excluding hydrogens is 365 g/mol. The molecule has 28 heavy (non-hydrogen) atoms. The van der Waals surface area contributed by atoms with E-state index in [1.807, 2.05) is 42.5 Å². The zero-order valence-electron chi connectivity index (χ0n) is 15.2. The summed E-state index contributed by atoms with van der Waals surface area (Å²) in [7, 11) is 0. The van der Waals surface area contributed by atoms with E-state index < -0.39 is 0 Å². The van der Waals surface area contributed by atoms with Gasteiger partial charge in [-0.15, -0.1) is 11.8 Å². The number of nitrogens with zero attached hydrogens (tertiary/aromatic N) is 1. The van der Waals surface area contributed by atoms with Crippen molar-refractivity contribution in [1.82, 2.24) is 0 Å². The summed E-state index contributed by atoms with van der Waals surface area (Å²) in [6.45, 7) is 0. The molecule has 0 amide bonds. The van der Waals surface area contributed by atoms with Gasteiger partial charge >= 0.3 is 0 Å². The number of thioether (sulfide) groups is 1. The molecule has 0 saturated carbocycles.